The van der Waals surface area contributed by atoms with Crippen molar-refractivity contribution in [2.45, 2.75) is 32.7 Å². The van der Waals surface area contributed by atoms with Crippen molar-refractivity contribution in [3.63, 3.8) is 0 Å². The number of imide groups is 1. The van der Waals surface area contributed by atoms with Crippen molar-refractivity contribution in [2.75, 3.05) is 11.9 Å². The number of benzene rings is 2. The number of rotatable bonds is 5. The molecule has 0 bridgehead atoms. The second-order valence-electron chi connectivity index (χ2n) is 6.79. The summed E-state index contributed by atoms with van der Waals surface area (Å²) in [4.78, 5) is 38.8. The van der Waals surface area contributed by atoms with Crippen LogP contribution < -0.4 is 10.6 Å². The molecule has 27 heavy (non-hydrogen) atoms. The Balaban J connectivity index is 1.77. The first-order chi connectivity index (χ1) is 12.9. The van der Waals surface area contributed by atoms with Gasteiger partial charge in [-0.2, -0.15) is 0 Å². The van der Waals surface area contributed by atoms with E-state index in [0.717, 1.165) is 16.0 Å². The monoisotopic (exact) mass is 365 g/mol. The average molecular weight is 365 g/mol. The first-order valence-electron chi connectivity index (χ1n) is 8.94. The predicted molar refractivity (Wildman–Crippen MR) is 103 cm³/mol. The molecule has 0 radical (unpaired) electrons. The molecule has 0 spiro atoms. The second kappa shape index (κ2) is 7.23. The van der Waals surface area contributed by atoms with Crippen molar-refractivity contribution in [3.05, 3.63) is 65.2 Å². The number of hydrogen-bond donors (Lipinski definition) is 2. The van der Waals surface area contributed by atoms with Gasteiger partial charge in [-0.05, 0) is 49.1 Å². The van der Waals surface area contributed by atoms with Crippen LogP contribution in [0.1, 0.15) is 30.0 Å². The zero-order chi connectivity index (χ0) is 19.6. The Labute approximate surface area is 158 Å². The lowest BCUT2D eigenvalue weighted by Crippen LogP contribution is -2.44. The quantitative estimate of drug-likeness (QED) is 0.799. The van der Waals surface area contributed by atoms with Gasteiger partial charge in [-0.15, -0.1) is 0 Å². The zero-order valence-corrected chi connectivity index (χ0v) is 15.7. The maximum absolute atomic E-state index is 13.0. The van der Waals surface area contributed by atoms with E-state index < -0.39 is 23.4 Å². The van der Waals surface area contributed by atoms with Gasteiger partial charge in [0, 0.05) is 5.69 Å². The highest BCUT2D eigenvalue weighted by molar-refractivity contribution is 6.10. The van der Waals surface area contributed by atoms with E-state index in [9.17, 15) is 14.4 Å². The number of nitrogens with one attached hydrogen (secondary N) is 2. The van der Waals surface area contributed by atoms with Gasteiger partial charge in [0.2, 0.25) is 5.91 Å². The van der Waals surface area contributed by atoms with Crippen LogP contribution in [0, 0.1) is 13.8 Å². The van der Waals surface area contributed by atoms with Crippen LogP contribution in [0.5, 0.6) is 0 Å². The Morgan fingerprint density at radius 1 is 1.07 bits per heavy atom. The summed E-state index contributed by atoms with van der Waals surface area (Å²) in [6.07, 6.45) is 0.400. The topological polar surface area (TPSA) is 78.5 Å². The van der Waals surface area contributed by atoms with E-state index in [1.54, 1.807) is 18.2 Å². The third kappa shape index (κ3) is 3.43. The maximum atomic E-state index is 13.0. The number of urea groups is 1. The first kappa shape index (κ1) is 18.6. The minimum absolute atomic E-state index is 0.327. The van der Waals surface area contributed by atoms with E-state index in [4.69, 9.17) is 0 Å². The molecule has 1 saturated heterocycles. The van der Waals surface area contributed by atoms with Gasteiger partial charge >= 0.3 is 6.03 Å². The molecule has 0 saturated carbocycles. The van der Waals surface area contributed by atoms with Crippen molar-refractivity contribution in [3.8, 4) is 0 Å². The van der Waals surface area contributed by atoms with Crippen molar-refractivity contribution in [1.82, 2.24) is 10.2 Å². The van der Waals surface area contributed by atoms with E-state index in [2.05, 4.69) is 10.6 Å². The molecule has 1 aliphatic rings. The lowest BCUT2D eigenvalue weighted by Gasteiger charge is -2.25. The van der Waals surface area contributed by atoms with E-state index in [0.29, 0.717) is 17.7 Å². The molecule has 3 rings (SSSR count). The molecule has 1 aliphatic heterocycles. The fourth-order valence-corrected chi connectivity index (χ4v) is 3.30. The van der Waals surface area contributed by atoms with E-state index in [-0.39, 0.29) is 6.54 Å². The van der Waals surface area contributed by atoms with Crippen molar-refractivity contribution < 1.29 is 14.4 Å². The van der Waals surface area contributed by atoms with Gasteiger partial charge in [-0.1, -0.05) is 43.3 Å². The van der Waals surface area contributed by atoms with Crippen LogP contribution in [0.2, 0.25) is 0 Å². The van der Waals surface area contributed by atoms with Gasteiger partial charge in [0.25, 0.3) is 5.91 Å². The number of anilines is 1. The van der Waals surface area contributed by atoms with Crippen molar-refractivity contribution in [2.24, 2.45) is 0 Å². The molecule has 2 aromatic carbocycles. The number of aryl methyl sites for hydroxylation is 2. The van der Waals surface area contributed by atoms with E-state index in [1.807, 2.05) is 51.1 Å². The lowest BCUT2D eigenvalue weighted by atomic mass is 9.87. The zero-order valence-electron chi connectivity index (χ0n) is 15.7. The molecule has 6 nitrogen and oxygen atoms in total. The van der Waals surface area contributed by atoms with E-state index >= 15 is 0 Å². The number of nitrogens with zero attached hydrogens (tertiary/aromatic N) is 1. The van der Waals surface area contributed by atoms with Gasteiger partial charge in [0.15, 0.2) is 0 Å². The maximum Gasteiger partial charge on any atom is 0.325 e. The summed E-state index contributed by atoms with van der Waals surface area (Å²) in [7, 11) is 0. The van der Waals surface area contributed by atoms with Crippen molar-refractivity contribution in [1.29, 1.82) is 0 Å². The van der Waals surface area contributed by atoms with Gasteiger partial charge in [-0.25, -0.2) is 4.79 Å². The summed E-state index contributed by atoms with van der Waals surface area (Å²) in [6.45, 7) is 5.45. The average Bonchev–Trinajstić information content (AvgIpc) is 2.90. The summed E-state index contributed by atoms with van der Waals surface area (Å²) >= 11 is 0. The summed E-state index contributed by atoms with van der Waals surface area (Å²) in [5.41, 5.74) is 2.40. The molecular formula is C21H23N3O3. The van der Waals surface area contributed by atoms with Crippen LogP contribution in [0.25, 0.3) is 0 Å². The predicted octanol–water partition coefficient (Wildman–Crippen LogP) is 3.10. The minimum Gasteiger partial charge on any atom is -0.325 e. The van der Waals surface area contributed by atoms with Crippen LogP contribution >= 0.6 is 0 Å². The molecular weight excluding hydrogens is 342 g/mol. The Bertz CT molecular complexity index is 895. The largest absolute Gasteiger partial charge is 0.325 e. The molecule has 0 unspecified atom stereocenters. The van der Waals surface area contributed by atoms with Crippen molar-refractivity contribution >= 4 is 23.5 Å². The molecule has 1 heterocycles. The fourth-order valence-electron chi connectivity index (χ4n) is 3.30. The highest BCUT2D eigenvalue weighted by Crippen LogP contribution is 2.32. The molecule has 0 aliphatic carbocycles. The molecule has 1 fully saturated rings. The molecule has 6 heteroatoms. The molecule has 2 N–H and O–H groups in total. The van der Waals surface area contributed by atoms with Gasteiger partial charge in [0.05, 0.1) is 0 Å². The number of amides is 4. The lowest BCUT2D eigenvalue weighted by molar-refractivity contribution is -0.134. The number of hydrogen-bond acceptors (Lipinski definition) is 3. The van der Waals surface area contributed by atoms with Crippen LogP contribution in [-0.2, 0) is 15.1 Å². The molecule has 0 aromatic heterocycles. The normalized spacial score (nSPS) is 19.1. The smallest absolute Gasteiger partial charge is 0.325 e. The van der Waals surface area contributed by atoms with Gasteiger partial charge < -0.3 is 10.6 Å². The van der Waals surface area contributed by atoms with Crippen LogP contribution in [-0.4, -0.2) is 29.3 Å². The molecule has 140 valence electrons. The highest BCUT2D eigenvalue weighted by Gasteiger charge is 2.51. The SMILES string of the molecule is CC[C@@]1(c2ccccc2)NC(=O)N(CC(=O)Nc2ccc(C)c(C)c2)C1=O. The Hall–Kier alpha value is -3.15. The van der Waals surface area contributed by atoms with E-state index in [1.165, 1.54) is 0 Å². The number of carbonyl (C=O) groups excluding carboxylic acids is 3. The Kier molecular flexibility index (Phi) is 4.99. The fraction of sp³-hybridized carbons (Fsp3) is 0.286. The summed E-state index contributed by atoms with van der Waals surface area (Å²) in [6, 6.07) is 14.1. The van der Waals surface area contributed by atoms with Crippen LogP contribution in [0.4, 0.5) is 10.5 Å². The molecule has 2 aromatic rings. The number of carbonyl (C=O) groups is 3. The highest BCUT2D eigenvalue weighted by atomic mass is 16.2. The van der Waals surface area contributed by atoms with Gasteiger partial charge in [-0.3, -0.25) is 14.5 Å². The first-order valence-corrected chi connectivity index (χ1v) is 8.94. The summed E-state index contributed by atoms with van der Waals surface area (Å²) in [5, 5.41) is 5.53. The molecule has 1 atom stereocenters. The third-order valence-corrected chi connectivity index (χ3v) is 5.07. The molecule has 4 amide bonds. The van der Waals surface area contributed by atoms with Crippen LogP contribution in [0.15, 0.2) is 48.5 Å². The Morgan fingerprint density at radius 2 is 1.78 bits per heavy atom. The second-order valence-corrected chi connectivity index (χ2v) is 6.79. The standard InChI is InChI=1S/C21H23N3O3/c1-4-21(16-8-6-5-7-9-16)19(26)24(20(27)23-21)13-18(25)22-17-11-10-14(2)15(3)12-17/h5-12H,4,13H2,1-3H3,(H,22,25)(H,23,27)/t21-/m0/s1. The van der Waals surface area contributed by atoms with Crippen LogP contribution in [0.3, 0.4) is 0 Å². The summed E-state index contributed by atoms with van der Waals surface area (Å²) < 4.78 is 0. The minimum atomic E-state index is -1.13. The Morgan fingerprint density at radius 3 is 2.41 bits per heavy atom. The summed E-state index contributed by atoms with van der Waals surface area (Å²) in [5.74, 6) is -0.821. The third-order valence-electron chi connectivity index (χ3n) is 5.07. The van der Waals surface area contributed by atoms with Gasteiger partial charge in [0.1, 0.15) is 12.1 Å².